The van der Waals surface area contributed by atoms with Crippen LogP contribution in [0, 0.1) is 12.8 Å². The van der Waals surface area contributed by atoms with Gasteiger partial charge in [0, 0.05) is 18.4 Å². The Hall–Kier alpha value is -1.66. The Morgan fingerprint density at radius 2 is 2.41 bits per heavy atom. The average Bonchev–Trinajstić information content (AvgIpc) is 2.91. The van der Waals surface area contributed by atoms with E-state index in [4.69, 9.17) is 0 Å². The Kier molecular flexibility index (Phi) is 5.74. The fourth-order valence-corrected chi connectivity index (χ4v) is 2.77. The number of hydrogen-bond acceptors (Lipinski definition) is 4. The molecule has 0 aliphatic carbocycles. The highest BCUT2D eigenvalue weighted by atomic mass is 35.5. The van der Waals surface area contributed by atoms with Gasteiger partial charge in [0.15, 0.2) is 5.65 Å². The summed E-state index contributed by atoms with van der Waals surface area (Å²) in [7, 11) is 0. The number of hydrogen-bond donors (Lipinski definition) is 2. The molecule has 0 bridgehead atoms. The first kappa shape index (κ1) is 16.7. The summed E-state index contributed by atoms with van der Waals surface area (Å²) in [6.45, 7) is 4.79. The molecule has 0 saturated carbocycles. The van der Waals surface area contributed by atoms with Crippen LogP contribution in [-0.2, 0) is 0 Å². The monoisotopic (exact) mass is 323 g/mol. The maximum absolute atomic E-state index is 12.3. The summed E-state index contributed by atoms with van der Waals surface area (Å²) in [5.41, 5.74) is 2.04. The van der Waals surface area contributed by atoms with Crippen LogP contribution in [0.5, 0.6) is 0 Å². The van der Waals surface area contributed by atoms with Gasteiger partial charge in [0.05, 0.1) is 6.20 Å². The molecule has 120 valence electrons. The molecule has 0 spiro atoms. The normalized spacial score (nSPS) is 18.0. The van der Waals surface area contributed by atoms with E-state index < -0.39 is 0 Å². The summed E-state index contributed by atoms with van der Waals surface area (Å²) < 4.78 is 1.63. The molecule has 22 heavy (non-hydrogen) atoms. The SMILES string of the molecule is Cc1ccn2ncc(C(=O)NCCC3CCCNC3)c2n1.Cl. The van der Waals surface area contributed by atoms with Gasteiger partial charge in [0.1, 0.15) is 5.56 Å². The van der Waals surface area contributed by atoms with Crippen LogP contribution in [-0.4, -0.2) is 40.1 Å². The molecular weight excluding hydrogens is 302 g/mol. The largest absolute Gasteiger partial charge is 0.352 e. The lowest BCUT2D eigenvalue weighted by molar-refractivity contribution is 0.0952. The Bertz CT molecular complexity index is 636. The van der Waals surface area contributed by atoms with E-state index in [1.54, 1.807) is 10.7 Å². The maximum Gasteiger partial charge on any atom is 0.256 e. The van der Waals surface area contributed by atoms with Crippen LogP contribution < -0.4 is 10.6 Å². The molecule has 2 aromatic heterocycles. The molecule has 1 fully saturated rings. The molecule has 6 nitrogen and oxygen atoms in total. The van der Waals surface area contributed by atoms with Crippen LogP contribution in [0.2, 0.25) is 0 Å². The van der Waals surface area contributed by atoms with Crippen molar-refractivity contribution in [3.63, 3.8) is 0 Å². The summed E-state index contributed by atoms with van der Waals surface area (Å²) in [5, 5.41) is 10.5. The molecule has 7 heteroatoms. The third-order valence-electron chi connectivity index (χ3n) is 3.99. The van der Waals surface area contributed by atoms with Gasteiger partial charge in [-0.3, -0.25) is 4.79 Å². The second-order valence-corrected chi connectivity index (χ2v) is 5.65. The number of nitrogens with one attached hydrogen (secondary N) is 2. The van der Waals surface area contributed by atoms with E-state index in [1.807, 2.05) is 19.2 Å². The quantitative estimate of drug-likeness (QED) is 0.896. The zero-order valence-corrected chi connectivity index (χ0v) is 13.5. The second-order valence-electron chi connectivity index (χ2n) is 5.65. The van der Waals surface area contributed by atoms with E-state index in [9.17, 15) is 4.79 Å². The third-order valence-corrected chi connectivity index (χ3v) is 3.99. The zero-order valence-electron chi connectivity index (χ0n) is 12.7. The van der Waals surface area contributed by atoms with Gasteiger partial charge in [-0.1, -0.05) is 0 Å². The van der Waals surface area contributed by atoms with Crippen molar-refractivity contribution in [3.8, 4) is 0 Å². The number of aryl methyl sites for hydroxylation is 1. The molecule has 1 aliphatic rings. The zero-order chi connectivity index (χ0) is 14.7. The smallest absolute Gasteiger partial charge is 0.256 e. The molecule has 1 amide bonds. The number of amides is 1. The summed E-state index contributed by atoms with van der Waals surface area (Å²) in [4.78, 5) is 16.6. The number of nitrogens with zero attached hydrogens (tertiary/aromatic N) is 3. The van der Waals surface area contributed by atoms with Crippen molar-refractivity contribution in [2.24, 2.45) is 5.92 Å². The van der Waals surface area contributed by atoms with E-state index >= 15 is 0 Å². The van der Waals surface area contributed by atoms with Crippen molar-refractivity contribution < 1.29 is 4.79 Å². The predicted molar refractivity (Wildman–Crippen MR) is 87.5 cm³/mol. The molecule has 1 atom stereocenters. The number of halogens is 1. The first-order chi connectivity index (χ1) is 10.2. The Labute approximate surface area is 136 Å². The summed E-state index contributed by atoms with van der Waals surface area (Å²) >= 11 is 0. The number of carbonyl (C=O) groups is 1. The lowest BCUT2D eigenvalue weighted by atomic mass is 9.96. The molecule has 3 heterocycles. The molecular formula is C15H22ClN5O. The maximum atomic E-state index is 12.3. The minimum Gasteiger partial charge on any atom is -0.352 e. The van der Waals surface area contributed by atoms with Crippen LogP contribution in [0.25, 0.3) is 5.65 Å². The number of fused-ring (bicyclic) bond motifs is 1. The lowest BCUT2D eigenvalue weighted by Gasteiger charge is -2.22. The van der Waals surface area contributed by atoms with Crippen LogP contribution in [0.1, 0.15) is 35.3 Å². The standard InChI is InChI=1S/C15H21N5O.ClH/c1-11-5-8-20-14(19-11)13(10-18-20)15(21)17-7-4-12-3-2-6-16-9-12;/h5,8,10,12,16H,2-4,6-7,9H2,1H3,(H,17,21);1H. The van der Waals surface area contributed by atoms with Crippen molar-refractivity contribution in [1.82, 2.24) is 25.2 Å². The van der Waals surface area contributed by atoms with Crippen molar-refractivity contribution in [1.29, 1.82) is 0 Å². The first-order valence-corrected chi connectivity index (χ1v) is 7.54. The summed E-state index contributed by atoms with van der Waals surface area (Å²) in [6.07, 6.45) is 6.90. The van der Waals surface area contributed by atoms with Gasteiger partial charge < -0.3 is 10.6 Å². The van der Waals surface area contributed by atoms with Gasteiger partial charge in [-0.2, -0.15) is 5.10 Å². The first-order valence-electron chi connectivity index (χ1n) is 7.54. The Morgan fingerprint density at radius 1 is 1.55 bits per heavy atom. The molecule has 1 saturated heterocycles. The van der Waals surface area contributed by atoms with Crippen LogP contribution in [0.3, 0.4) is 0 Å². The van der Waals surface area contributed by atoms with E-state index in [0.29, 0.717) is 23.7 Å². The molecule has 1 aliphatic heterocycles. The van der Waals surface area contributed by atoms with E-state index in [2.05, 4.69) is 20.7 Å². The number of piperidine rings is 1. The van der Waals surface area contributed by atoms with Gasteiger partial charge in [-0.15, -0.1) is 12.4 Å². The van der Waals surface area contributed by atoms with E-state index in [0.717, 1.165) is 25.2 Å². The molecule has 2 aromatic rings. The highest BCUT2D eigenvalue weighted by molar-refractivity contribution is 5.99. The lowest BCUT2D eigenvalue weighted by Crippen LogP contribution is -2.33. The van der Waals surface area contributed by atoms with Crippen molar-refractivity contribution >= 4 is 24.0 Å². The third kappa shape index (κ3) is 3.75. The minimum absolute atomic E-state index is 0. The number of carbonyl (C=O) groups excluding carboxylic acids is 1. The number of aromatic nitrogens is 3. The van der Waals surface area contributed by atoms with Gasteiger partial charge in [0.25, 0.3) is 5.91 Å². The van der Waals surface area contributed by atoms with Crippen LogP contribution >= 0.6 is 12.4 Å². The average molecular weight is 324 g/mol. The van der Waals surface area contributed by atoms with Gasteiger partial charge in [-0.25, -0.2) is 9.50 Å². The second kappa shape index (κ2) is 7.56. The topological polar surface area (TPSA) is 71.3 Å². The van der Waals surface area contributed by atoms with Crippen molar-refractivity contribution in [2.75, 3.05) is 19.6 Å². The predicted octanol–water partition coefficient (Wildman–Crippen LogP) is 1.58. The molecule has 3 rings (SSSR count). The Morgan fingerprint density at radius 3 is 3.18 bits per heavy atom. The minimum atomic E-state index is -0.0909. The molecule has 2 N–H and O–H groups in total. The van der Waals surface area contributed by atoms with Crippen molar-refractivity contribution in [3.05, 3.63) is 29.7 Å². The van der Waals surface area contributed by atoms with Crippen LogP contribution in [0.15, 0.2) is 18.5 Å². The van der Waals surface area contributed by atoms with E-state index in [-0.39, 0.29) is 18.3 Å². The molecule has 0 radical (unpaired) electrons. The highest BCUT2D eigenvalue weighted by Crippen LogP contribution is 2.13. The summed E-state index contributed by atoms with van der Waals surface area (Å²) in [5.74, 6) is 0.579. The van der Waals surface area contributed by atoms with Crippen molar-refractivity contribution in [2.45, 2.75) is 26.2 Å². The summed E-state index contributed by atoms with van der Waals surface area (Å²) in [6, 6.07) is 1.87. The fourth-order valence-electron chi connectivity index (χ4n) is 2.77. The molecule has 0 aromatic carbocycles. The fraction of sp³-hybridized carbons (Fsp3) is 0.533. The van der Waals surface area contributed by atoms with Gasteiger partial charge in [0.2, 0.25) is 0 Å². The highest BCUT2D eigenvalue weighted by Gasteiger charge is 2.16. The van der Waals surface area contributed by atoms with Crippen LogP contribution in [0.4, 0.5) is 0 Å². The van der Waals surface area contributed by atoms with E-state index in [1.165, 1.54) is 12.8 Å². The van der Waals surface area contributed by atoms with Gasteiger partial charge >= 0.3 is 0 Å². The number of rotatable bonds is 4. The Balaban J connectivity index is 0.00000176. The molecule has 1 unspecified atom stereocenters. The van der Waals surface area contributed by atoms with Gasteiger partial charge in [-0.05, 0) is 51.3 Å².